The lowest BCUT2D eigenvalue weighted by molar-refractivity contribution is 0.0544. The Morgan fingerprint density at radius 1 is 1.21 bits per heavy atom. The molecule has 0 amide bonds. The van der Waals surface area contributed by atoms with Crippen LogP contribution in [-0.4, -0.2) is 33.3 Å². The summed E-state index contributed by atoms with van der Waals surface area (Å²) in [5.74, 6) is 1.02. The second-order valence-corrected chi connectivity index (χ2v) is 8.61. The molecule has 0 saturated heterocycles. The summed E-state index contributed by atoms with van der Waals surface area (Å²) in [5.41, 5.74) is 2.86. The topological polar surface area (TPSA) is 66.2 Å². The summed E-state index contributed by atoms with van der Waals surface area (Å²) in [7, 11) is 1.61. The van der Waals surface area contributed by atoms with Crippen LogP contribution in [0.3, 0.4) is 0 Å². The van der Waals surface area contributed by atoms with E-state index < -0.39 is 11.7 Å². The van der Waals surface area contributed by atoms with Crippen molar-refractivity contribution in [3.8, 4) is 5.88 Å². The van der Waals surface area contributed by atoms with Gasteiger partial charge in [0, 0.05) is 24.2 Å². The normalized spacial score (nSPS) is 11.8. The summed E-state index contributed by atoms with van der Waals surface area (Å²) in [4.78, 5) is 21.9. The largest absolute Gasteiger partial charge is 0.480 e. The molecule has 0 N–H and O–H groups in total. The highest BCUT2D eigenvalue weighted by Crippen LogP contribution is 2.27. The van der Waals surface area contributed by atoms with Crippen LogP contribution >= 0.6 is 0 Å². The van der Waals surface area contributed by atoms with Crippen LogP contribution in [0.4, 0.5) is 4.79 Å². The van der Waals surface area contributed by atoms with Crippen molar-refractivity contribution in [2.75, 3.05) is 7.11 Å². The first kappa shape index (κ1) is 20.8. The molecule has 3 rings (SSSR count). The highest BCUT2D eigenvalue weighted by Gasteiger charge is 2.21. The third kappa shape index (κ3) is 4.94. The Hall–Kier alpha value is -2.89. The average molecular weight is 396 g/mol. The van der Waals surface area contributed by atoms with Gasteiger partial charge in [0.2, 0.25) is 5.88 Å². The Bertz CT molecular complexity index is 1020. The van der Waals surface area contributed by atoms with Gasteiger partial charge in [0.1, 0.15) is 11.3 Å². The Morgan fingerprint density at radius 2 is 1.93 bits per heavy atom. The maximum Gasteiger partial charge on any atom is 0.419 e. The van der Waals surface area contributed by atoms with E-state index in [0.717, 1.165) is 34.3 Å². The Labute approximate surface area is 171 Å². The Kier molecular flexibility index (Phi) is 5.91. The molecule has 0 radical (unpaired) electrons. The number of methoxy groups -OCH3 is 1. The fraction of sp³-hybridized carbons (Fsp3) is 0.435. The van der Waals surface area contributed by atoms with E-state index in [1.54, 1.807) is 11.7 Å². The number of fused-ring (bicyclic) bond motifs is 1. The van der Waals surface area contributed by atoms with Crippen molar-refractivity contribution >= 4 is 17.0 Å². The van der Waals surface area contributed by atoms with Gasteiger partial charge in [0.05, 0.1) is 18.3 Å². The summed E-state index contributed by atoms with van der Waals surface area (Å²) in [6.07, 6.45) is 4.59. The van der Waals surface area contributed by atoms with Gasteiger partial charge in [-0.3, -0.25) is 9.55 Å². The van der Waals surface area contributed by atoms with Gasteiger partial charge in [-0.15, -0.1) is 0 Å². The quantitative estimate of drug-likeness (QED) is 0.607. The van der Waals surface area contributed by atoms with Crippen molar-refractivity contribution in [3.63, 3.8) is 0 Å². The zero-order valence-electron chi connectivity index (χ0n) is 18.0. The molecule has 0 atom stereocenters. The lowest BCUT2D eigenvalue weighted by Crippen LogP contribution is -2.26. The molecule has 29 heavy (non-hydrogen) atoms. The van der Waals surface area contributed by atoms with Crippen molar-refractivity contribution in [1.82, 2.24) is 14.5 Å². The number of rotatable bonds is 5. The molecule has 2 heterocycles. The second kappa shape index (κ2) is 8.23. The molecular weight excluding hydrogens is 366 g/mol. The van der Waals surface area contributed by atoms with Gasteiger partial charge in [-0.1, -0.05) is 32.0 Å². The third-order valence-corrected chi connectivity index (χ3v) is 4.41. The van der Waals surface area contributed by atoms with Crippen LogP contribution in [0.15, 0.2) is 36.7 Å². The van der Waals surface area contributed by atoms with Crippen LogP contribution in [0.25, 0.3) is 10.9 Å². The van der Waals surface area contributed by atoms with Gasteiger partial charge >= 0.3 is 6.09 Å². The summed E-state index contributed by atoms with van der Waals surface area (Å²) in [5, 5.41) is 0.980. The molecule has 0 fully saturated rings. The summed E-state index contributed by atoms with van der Waals surface area (Å²) < 4.78 is 12.6. The van der Waals surface area contributed by atoms with E-state index in [0.29, 0.717) is 18.2 Å². The highest BCUT2D eigenvalue weighted by molar-refractivity contribution is 5.92. The first-order chi connectivity index (χ1) is 13.7. The van der Waals surface area contributed by atoms with E-state index in [1.165, 1.54) is 0 Å². The van der Waals surface area contributed by atoms with Gasteiger partial charge in [-0.05, 0) is 44.7 Å². The van der Waals surface area contributed by atoms with E-state index in [1.807, 2.05) is 57.4 Å². The molecule has 2 aromatic heterocycles. The maximum absolute atomic E-state index is 12.7. The molecule has 0 bridgehead atoms. The number of ether oxygens (including phenoxy) is 2. The van der Waals surface area contributed by atoms with Crippen LogP contribution in [0.2, 0.25) is 0 Å². The van der Waals surface area contributed by atoms with Crippen molar-refractivity contribution in [3.05, 3.63) is 53.6 Å². The van der Waals surface area contributed by atoms with Crippen molar-refractivity contribution in [2.24, 2.45) is 5.92 Å². The van der Waals surface area contributed by atoms with Crippen molar-refractivity contribution in [1.29, 1.82) is 0 Å². The van der Waals surface area contributed by atoms with Gasteiger partial charge in [-0.25, -0.2) is 9.78 Å². The van der Waals surface area contributed by atoms with Crippen LogP contribution in [0.1, 0.15) is 51.6 Å². The minimum Gasteiger partial charge on any atom is -0.480 e. The van der Waals surface area contributed by atoms with Gasteiger partial charge in [-0.2, -0.15) is 0 Å². The number of benzene rings is 1. The van der Waals surface area contributed by atoms with Gasteiger partial charge in [0.15, 0.2) is 0 Å². The van der Waals surface area contributed by atoms with Crippen LogP contribution in [0.5, 0.6) is 5.88 Å². The predicted octanol–water partition coefficient (Wildman–Crippen LogP) is 5.01. The van der Waals surface area contributed by atoms with E-state index in [2.05, 4.69) is 23.8 Å². The predicted molar refractivity (Wildman–Crippen MR) is 114 cm³/mol. The number of carbonyl (C=O) groups excluding carboxylic acids is 1. The number of carbonyl (C=O) groups is 1. The monoisotopic (exact) mass is 395 g/mol. The first-order valence-electron chi connectivity index (χ1n) is 9.89. The Morgan fingerprint density at radius 3 is 2.59 bits per heavy atom. The molecule has 6 heteroatoms. The van der Waals surface area contributed by atoms with Crippen molar-refractivity contribution in [2.45, 2.75) is 53.1 Å². The molecule has 0 unspecified atom stereocenters. The van der Waals surface area contributed by atoms with Gasteiger partial charge in [0.25, 0.3) is 0 Å². The fourth-order valence-electron chi connectivity index (χ4n) is 3.27. The number of nitrogens with zero attached hydrogens (tertiary/aromatic N) is 3. The first-order valence-corrected chi connectivity index (χ1v) is 9.89. The molecule has 0 aliphatic rings. The number of aromatic nitrogens is 3. The fourth-order valence-corrected chi connectivity index (χ4v) is 3.27. The van der Waals surface area contributed by atoms with E-state index >= 15 is 0 Å². The number of hydrogen-bond acceptors (Lipinski definition) is 5. The zero-order chi connectivity index (χ0) is 21.2. The smallest absolute Gasteiger partial charge is 0.419 e. The highest BCUT2D eigenvalue weighted by atomic mass is 16.6. The second-order valence-electron chi connectivity index (χ2n) is 8.61. The summed E-state index contributed by atoms with van der Waals surface area (Å²) in [6, 6.07) is 7.78. The van der Waals surface area contributed by atoms with Crippen LogP contribution in [0, 0.1) is 5.92 Å². The van der Waals surface area contributed by atoms with E-state index in [-0.39, 0.29) is 0 Å². The molecule has 154 valence electrons. The molecule has 0 saturated carbocycles. The summed E-state index contributed by atoms with van der Waals surface area (Å²) in [6.45, 7) is 9.87. The number of para-hydroxylation sites is 1. The minimum absolute atomic E-state index is 0.398. The molecule has 6 nitrogen and oxygen atoms in total. The SMILES string of the molecule is COc1nc(CC(C)C)cnc1Cc1cn(C(=O)OC(C)(C)C)c2ccccc12. The molecule has 0 spiro atoms. The lowest BCUT2D eigenvalue weighted by atomic mass is 10.1. The Balaban J connectivity index is 1.98. The number of hydrogen-bond donors (Lipinski definition) is 0. The molecular formula is C23H29N3O3. The van der Waals surface area contributed by atoms with E-state index in [9.17, 15) is 4.79 Å². The zero-order valence-corrected chi connectivity index (χ0v) is 18.0. The van der Waals surface area contributed by atoms with Crippen molar-refractivity contribution < 1.29 is 14.3 Å². The minimum atomic E-state index is -0.566. The molecule has 3 aromatic rings. The maximum atomic E-state index is 12.7. The molecule has 0 aliphatic carbocycles. The standard InChI is InChI=1S/C23H29N3O3/c1-15(2)11-17-13-24-19(21(25-17)28-6)12-16-14-26(22(27)29-23(3,4)5)20-10-8-7-9-18(16)20/h7-10,13-15H,11-12H2,1-6H3. The molecule has 0 aliphatic heterocycles. The summed E-state index contributed by atoms with van der Waals surface area (Å²) >= 11 is 0. The molecule has 1 aromatic carbocycles. The van der Waals surface area contributed by atoms with Gasteiger partial charge < -0.3 is 9.47 Å². The van der Waals surface area contributed by atoms with E-state index in [4.69, 9.17) is 9.47 Å². The van der Waals surface area contributed by atoms with Crippen LogP contribution in [-0.2, 0) is 17.6 Å². The lowest BCUT2D eigenvalue weighted by Gasteiger charge is -2.19. The average Bonchev–Trinajstić information content (AvgIpc) is 3.00. The van der Waals surface area contributed by atoms with Crippen LogP contribution < -0.4 is 4.74 Å². The third-order valence-electron chi connectivity index (χ3n) is 4.41.